The van der Waals surface area contributed by atoms with Crippen LogP contribution in [0.15, 0.2) is 75.9 Å². The molecule has 1 aromatic heterocycles. The molecule has 1 heterocycles. The number of nitrogens with one attached hydrogen (secondary N) is 2. The molecule has 2 aromatic rings. The fraction of sp³-hybridized carbons (Fsp3) is 0.345. The van der Waals surface area contributed by atoms with E-state index in [4.69, 9.17) is 21.6 Å². The van der Waals surface area contributed by atoms with Gasteiger partial charge in [0.2, 0.25) is 5.91 Å². The van der Waals surface area contributed by atoms with Crippen molar-refractivity contribution < 1.29 is 9.18 Å². The van der Waals surface area contributed by atoms with E-state index in [0.717, 1.165) is 54.6 Å². The minimum atomic E-state index is -0.260. The largest absolute Gasteiger partial charge is 0.366 e. The Morgan fingerprint density at radius 2 is 2.08 bits per heavy atom. The zero-order valence-corrected chi connectivity index (χ0v) is 21.5. The van der Waals surface area contributed by atoms with Crippen LogP contribution < -0.4 is 10.6 Å². The van der Waals surface area contributed by atoms with Crippen LogP contribution in [0.25, 0.3) is 5.57 Å². The summed E-state index contributed by atoms with van der Waals surface area (Å²) in [4.78, 5) is 21.6. The standard InChI is InChI=1S/C29H32ClFN4O/c1-19-6-3-9-25(30)24(16-27(19)33-17-21-12-13-22(14-21)29(36)32-2)26-10-5-11-28(35-26)34-18-20-7-4-8-23(31)15-20/h4-5,7-11,15-17,21-22H,3,6,12-14,18H2,1-2H3,(H,32,36)(H,34,35). The zero-order chi connectivity index (χ0) is 25.5. The summed E-state index contributed by atoms with van der Waals surface area (Å²) in [5.74, 6) is 0.887. The van der Waals surface area contributed by atoms with Crippen LogP contribution in [0.4, 0.5) is 10.2 Å². The lowest BCUT2D eigenvalue weighted by Gasteiger charge is -2.14. The smallest absolute Gasteiger partial charge is 0.222 e. The molecule has 2 aliphatic rings. The van der Waals surface area contributed by atoms with Crippen molar-refractivity contribution in [2.45, 2.75) is 45.6 Å². The Kier molecular flexibility index (Phi) is 8.70. The molecule has 2 unspecified atom stereocenters. The Balaban J connectivity index is 1.55. The van der Waals surface area contributed by atoms with E-state index in [2.05, 4.69) is 17.6 Å². The van der Waals surface area contributed by atoms with Gasteiger partial charge in [0.15, 0.2) is 0 Å². The lowest BCUT2D eigenvalue weighted by atomic mass is 10.0. The maximum atomic E-state index is 13.5. The number of benzene rings is 1. The summed E-state index contributed by atoms with van der Waals surface area (Å²) in [7, 11) is 1.69. The monoisotopic (exact) mass is 506 g/mol. The van der Waals surface area contributed by atoms with Gasteiger partial charge in [-0.3, -0.25) is 9.79 Å². The van der Waals surface area contributed by atoms with Crippen molar-refractivity contribution in [3.8, 4) is 0 Å². The molecule has 5 nitrogen and oxygen atoms in total. The number of allylic oxidation sites excluding steroid dienone is 5. The number of amides is 1. The SMILES string of the molecule is CNC(=O)C1CCC(C=NC2=C(C)CCC=C(Cl)C(c3cccc(NCc4cccc(F)c4)n3)=C2)C1. The van der Waals surface area contributed by atoms with Gasteiger partial charge >= 0.3 is 0 Å². The Labute approximate surface area is 217 Å². The summed E-state index contributed by atoms with van der Waals surface area (Å²) < 4.78 is 13.5. The fourth-order valence-corrected chi connectivity index (χ4v) is 4.89. The average Bonchev–Trinajstić information content (AvgIpc) is 3.35. The molecule has 2 N–H and O–H groups in total. The number of nitrogens with zero attached hydrogens (tertiary/aromatic N) is 2. The van der Waals surface area contributed by atoms with Gasteiger partial charge in [0.25, 0.3) is 0 Å². The third-order valence-electron chi connectivity index (χ3n) is 6.72. The van der Waals surface area contributed by atoms with Crippen molar-refractivity contribution in [3.05, 3.63) is 88.0 Å². The summed E-state index contributed by atoms with van der Waals surface area (Å²) in [5, 5.41) is 6.67. The Morgan fingerprint density at radius 3 is 2.89 bits per heavy atom. The topological polar surface area (TPSA) is 66.4 Å². The van der Waals surface area contributed by atoms with Crippen LogP contribution in [0.2, 0.25) is 0 Å². The molecular formula is C29H32ClFN4O. The van der Waals surface area contributed by atoms with Gasteiger partial charge in [-0.2, -0.15) is 0 Å². The molecular weight excluding hydrogens is 475 g/mol. The second-order valence-electron chi connectivity index (χ2n) is 9.37. The van der Waals surface area contributed by atoms with E-state index in [-0.39, 0.29) is 23.6 Å². The van der Waals surface area contributed by atoms with E-state index in [0.29, 0.717) is 17.4 Å². The van der Waals surface area contributed by atoms with Gasteiger partial charge in [0.1, 0.15) is 11.6 Å². The molecule has 0 bridgehead atoms. The lowest BCUT2D eigenvalue weighted by molar-refractivity contribution is -0.124. The van der Waals surface area contributed by atoms with E-state index in [1.807, 2.05) is 42.6 Å². The lowest BCUT2D eigenvalue weighted by Crippen LogP contribution is -2.25. The predicted octanol–water partition coefficient (Wildman–Crippen LogP) is 6.64. The molecule has 7 heteroatoms. The van der Waals surface area contributed by atoms with Crippen molar-refractivity contribution in [1.82, 2.24) is 10.3 Å². The van der Waals surface area contributed by atoms with E-state index >= 15 is 0 Å². The zero-order valence-electron chi connectivity index (χ0n) is 20.7. The van der Waals surface area contributed by atoms with Crippen LogP contribution in [0.3, 0.4) is 0 Å². The number of carbonyl (C=O) groups excluding carboxylic acids is 1. The number of anilines is 1. The van der Waals surface area contributed by atoms with Crippen molar-refractivity contribution in [2.24, 2.45) is 16.8 Å². The molecule has 0 radical (unpaired) electrons. The first-order valence-corrected chi connectivity index (χ1v) is 12.8. The fourth-order valence-electron chi connectivity index (χ4n) is 4.63. The van der Waals surface area contributed by atoms with Crippen molar-refractivity contribution in [2.75, 3.05) is 12.4 Å². The van der Waals surface area contributed by atoms with Crippen LogP contribution in [0.1, 0.15) is 50.3 Å². The molecule has 2 aliphatic carbocycles. The van der Waals surface area contributed by atoms with Crippen LogP contribution >= 0.6 is 11.6 Å². The summed E-state index contributed by atoms with van der Waals surface area (Å²) in [6.45, 7) is 2.56. The number of aliphatic imine (C=N–C) groups is 1. The quantitative estimate of drug-likeness (QED) is 0.414. The van der Waals surface area contributed by atoms with Crippen molar-refractivity contribution in [1.29, 1.82) is 0 Å². The first-order valence-electron chi connectivity index (χ1n) is 12.4. The molecule has 4 rings (SSSR count). The maximum Gasteiger partial charge on any atom is 0.222 e. The number of carbonyl (C=O) groups is 1. The van der Waals surface area contributed by atoms with E-state index < -0.39 is 0 Å². The Morgan fingerprint density at radius 1 is 1.25 bits per heavy atom. The Hall–Kier alpha value is -3.25. The van der Waals surface area contributed by atoms with Gasteiger partial charge in [0.05, 0.1) is 11.4 Å². The average molecular weight is 507 g/mol. The van der Waals surface area contributed by atoms with E-state index in [1.165, 1.54) is 17.7 Å². The van der Waals surface area contributed by atoms with Crippen LogP contribution in [-0.2, 0) is 11.3 Å². The maximum absolute atomic E-state index is 13.5. The number of hydrogen-bond acceptors (Lipinski definition) is 4. The highest BCUT2D eigenvalue weighted by Crippen LogP contribution is 2.33. The highest BCUT2D eigenvalue weighted by molar-refractivity contribution is 6.37. The summed E-state index contributed by atoms with van der Waals surface area (Å²) in [6.07, 6.45) is 10.4. The summed E-state index contributed by atoms with van der Waals surface area (Å²) in [5.41, 5.74) is 4.46. The third kappa shape index (κ3) is 6.70. The summed E-state index contributed by atoms with van der Waals surface area (Å²) >= 11 is 6.72. The molecule has 188 valence electrons. The minimum Gasteiger partial charge on any atom is -0.366 e. The van der Waals surface area contributed by atoms with Crippen LogP contribution in [0.5, 0.6) is 0 Å². The van der Waals surface area contributed by atoms with Gasteiger partial charge in [-0.05, 0) is 86.4 Å². The first-order chi connectivity index (χ1) is 17.4. The summed E-state index contributed by atoms with van der Waals surface area (Å²) in [6, 6.07) is 12.2. The molecule has 1 amide bonds. The molecule has 1 saturated carbocycles. The van der Waals surface area contributed by atoms with Crippen molar-refractivity contribution in [3.63, 3.8) is 0 Å². The van der Waals surface area contributed by atoms with E-state index in [1.54, 1.807) is 13.1 Å². The normalized spacial score (nSPS) is 20.6. The number of pyridine rings is 1. The van der Waals surface area contributed by atoms with Gasteiger partial charge in [-0.1, -0.05) is 35.9 Å². The van der Waals surface area contributed by atoms with Crippen LogP contribution in [-0.4, -0.2) is 24.2 Å². The molecule has 1 fully saturated rings. The minimum absolute atomic E-state index is 0.0640. The molecule has 2 atom stereocenters. The van der Waals surface area contributed by atoms with Gasteiger partial charge in [0, 0.05) is 36.3 Å². The second kappa shape index (κ2) is 12.1. The Bertz CT molecular complexity index is 1230. The predicted molar refractivity (Wildman–Crippen MR) is 145 cm³/mol. The second-order valence-corrected chi connectivity index (χ2v) is 9.78. The van der Waals surface area contributed by atoms with Crippen LogP contribution in [0, 0.1) is 17.7 Å². The third-order valence-corrected chi connectivity index (χ3v) is 7.08. The number of rotatable bonds is 7. The molecule has 0 saturated heterocycles. The van der Waals surface area contributed by atoms with Gasteiger partial charge < -0.3 is 10.6 Å². The van der Waals surface area contributed by atoms with Gasteiger partial charge in [-0.15, -0.1) is 0 Å². The van der Waals surface area contributed by atoms with Gasteiger partial charge in [-0.25, -0.2) is 9.37 Å². The molecule has 0 spiro atoms. The molecule has 1 aromatic carbocycles. The highest BCUT2D eigenvalue weighted by Gasteiger charge is 2.28. The van der Waals surface area contributed by atoms with Crippen molar-refractivity contribution >= 4 is 35.1 Å². The van der Waals surface area contributed by atoms with E-state index in [9.17, 15) is 9.18 Å². The number of hydrogen-bond donors (Lipinski definition) is 2. The molecule has 0 aliphatic heterocycles. The number of halogens is 2. The highest BCUT2D eigenvalue weighted by atomic mass is 35.5. The first kappa shape index (κ1) is 25.8. The number of aromatic nitrogens is 1. The molecule has 36 heavy (non-hydrogen) atoms.